The van der Waals surface area contributed by atoms with Gasteiger partial charge in [-0.25, -0.2) is 4.98 Å². The molecule has 118 valence electrons. The van der Waals surface area contributed by atoms with E-state index in [-0.39, 0.29) is 11.8 Å². The summed E-state index contributed by atoms with van der Waals surface area (Å²) >= 11 is -1.33. The Kier molecular flexibility index (Phi) is 3.48. The molecule has 0 aliphatic rings. The van der Waals surface area contributed by atoms with E-state index in [0.29, 0.717) is 15.8 Å². The fourth-order valence-corrected chi connectivity index (χ4v) is 4.01. The molecule has 4 aromatic rings. The van der Waals surface area contributed by atoms with E-state index < -0.39 is 11.2 Å². The molecule has 1 atom stereocenters. The van der Waals surface area contributed by atoms with Gasteiger partial charge in [-0.1, -0.05) is 30.3 Å². The standard InChI is InChI=1S/C18H14N4OS/c19-17-14-10-12(8-9-15(14)21-18(20)22-17)24(23)16-7-3-5-11-4-1-2-6-13(11)16/h1-10H,(H4,19,20,21,22). The fourth-order valence-electron chi connectivity index (χ4n) is 2.75. The van der Waals surface area contributed by atoms with Gasteiger partial charge >= 0.3 is 0 Å². The van der Waals surface area contributed by atoms with Crippen LogP contribution in [0.3, 0.4) is 0 Å². The molecular weight excluding hydrogens is 320 g/mol. The lowest BCUT2D eigenvalue weighted by molar-refractivity contribution is 0.596. The molecule has 1 aromatic heterocycles. The van der Waals surface area contributed by atoms with E-state index in [1.165, 1.54) is 0 Å². The number of aromatic nitrogens is 2. The number of nitrogens with zero attached hydrogens (tertiary/aromatic N) is 2. The maximum atomic E-state index is 13.1. The number of benzene rings is 3. The molecule has 0 saturated heterocycles. The number of anilines is 2. The van der Waals surface area contributed by atoms with Crippen LogP contribution in [0.15, 0.2) is 70.5 Å². The number of rotatable bonds is 2. The number of fused-ring (bicyclic) bond motifs is 2. The largest absolute Gasteiger partial charge is 0.606 e. The van der Waals surface area contributed by atoms with E-state index in [1.54, 1.807) is 18.2 Å². The minimum atomic E-state index is -1.33. The molecule has 0 bridgehead atoms. The summed E-state index contributed by atoms with van der Waals surface area (Å²) in [7, 11) is 0. The van der Waals surface area contributed by atoms with Crippen LogP contribution >= 0.6 is 0 Å². The molecule has 4 N–H and O–H groups in total. The van der Waals surface area contributed by atoms with Gasteiger partial charge in [0.1, 0.15) is 5.82 Å². The van der Waals surface area contributed by atoms with Crippen molar-refractivity contribution >= 4 is 44.6 Å². The second kappa shape index (κ2) is 5.67. The highest BCUT2D eigenvalue weighted by atomic mass is 32.2. The Hall–Kier alpha value is -2.83. The zero-order valence-corrected chi connectivity index (χ0v) is 13.5. The molecule has 0 fully saturated rings. The fraction of sp³-hybridized carbons (Fsp3) is 0. The molecule has 0 aliphatic heterocycles. The number of nitrogens with two attached hydrogens (primary N) is 2. The van der Waals surface area contributed by atoms with Gasteiger partial charge in [0, 0.05) is 28.0 Å². The van der Waals surface area contributed by atoms with Crippen molar-refractivity contribution in [1.29, 1.82) is 0 Å². The van der Waals surface area contributed by atoms with Crippen LogP contribution in [0.5, 0.6) is 0 Å². The third kappa shape index (κ3) is 2.42. The lowest BCUT2D eigenvalue weighted by Crippen LogP contribution is -2.05. The number of hydrogen-bond donors (Lipinski definition) is 2. The molecule has 24 heavy (non-hydrogen) atoms. The highest BCUT2D eigenvalue weighted by Gasteiger charge is 2.19. The van der Waals surface area contributed by atoms with Gasteiger partial charge in [-0.2, -0.15) is 4.98 Å². The van der Waals surface area contributed by atoms with Gasteiger partial charge in [-0.3, -0.25) is 0 Å². The monoisotopic (exact) mass is 334 g/mol. The van der Waals surface area contributed by atoms with Crippen LogP contribution < -0.4 is 11.5 Å². The van der Waals surface area contributed by atoms with E-state index in [4.69, 9.17) is 11.5 Å². The molecular formula is C18H14N4OS. The van der Waals surface area contributed by atoms with Crippen molar-refractivity contribution in [2.45, 2.75) is 9.79 Å². The lowest BCUT2D eigenvalue weighted by Gasteiger charge is -2.13. The van der Waals surface area contributed by atoms with Crippen LogP contribution in [0, 0.1) is 0 Å². The average molecular weight is 334 g/mol. The molecule has 1 unspecified atom stereocenters. The van der Waals surface area contributed by atoms with E-state index in [2.05, 4.69) is 9.97 Å². The van der Waals surface area contributed by atoms with Crippen molar-refractivity contribution in [2.24, 2.45) is 0 Å². The van der Waals surface area contributed by atoms with E-state index in [0.717, 1.165) is 15.7 Å². The quantitative estimate of drug-likeness (QED) is 0.549. The molecule has 5 nitrogen and oxygen atoms in total. The molecule has 0 saturated carbocycles. The van der Waals surface area contributed by atoms with Crippen molar-refractivity contribution in [3.63, 3.8) is 0 Å². The Morgan fingerprint density at radius 3 is 2.50 bits per heavy atom. The highest BCUT2D eigenvalue weighted by molar-refractivity contribution is 7.91. The molecule has 3 aromatic carbocycles. The van der Waals surface area contributed by atoms with Crippen molar-refractivity contribution in [3.8, 4) is 0 Å². The lowest BCUT2D eigenvalue weighted by atomic mass is 10.1. The predicted molar refractivity (Wildman–Crippen MR) is 97.0 cm³/mol. The smallest absolute Gasteiger partial charge is 0.222 e. The SMILES string of the molecule is Nc1nc(N)c2cc([S+]([O-])c3cccc4ccccc34)ccc2n1. The Labute approximate surface area is 141 Å². The summed E-state index contributed by atoms with van der Waals surface area (Å²) in [6.45, 7) is 0. The second-order valence-corrected chi connectivity index (χ2v) is 6.84. The van der Waals surface area contributed by atoms with Crippen molar-refractivity contribution in [2.75, 3.05) is 11.5 Å². The first-order valence-corrected chi connectivity index (χ1v) is 8.51. The minimum absolute atomic E-state index is 0.128. The van der Waals surface area contributed by atoms with Gasteiger partial charge in [0.25, 0.3) is 0 Å². The van der Waals surface area contributed by atoms with Crippen LogP contribution in [0.25, 0.3) is 21.7 Å². The summed E-state index contributed by atoms with van der Waals surface area (Å²) in [6.07, 6.45) is 0. The molecule has 0 amide bonds. The highest BCUT2D eigenvalue weighted by Crippen LogP contribution is 2.30. The predicted octanol–water partition coefficient (Wildman–Crippen LogP) is 3.11. The minimum Gasteiger partial charge on any atom is -0.606 e. The molecule has 0 aliphatic carbocycles. The first-order valence-electron chi connectivity index (χ1n) is 7.36. The molecule has 6 heteroatoms. The first kappa shape index (κ1) is 14.7. The summed E-state index contributed by atoms with van der Waals surface area (Å²) in [6, 6.07) is 19.0. The van der Waals surface area contributed by atoms with Gasteiger partial charge in [0.15, 0.2) is 9.79 Å². The Morgan fingerprint density at radius 2 is 1.62 bits per heavy atom. The van der Waals surface area contributed by atoms with E-state index in [1.807, 2.05) is 42.5 Å². The maximum Gasteiger partial charge on any atom is 0.222 e. The third-order valence-electron chi connectivity index (χ3n) is 3.88. The molecule has 4 rings (SSSR count). The van der Waals surface area contributed by atoms with Gasteiger partial charge in [0.2, 0.25) is 5.95 Å². The Bertz CT molecular complexity index is 1060. The van der Waals surface area contributed by atoms with Gasteiger partial charge in [-0.15, -0.1) is 0 Å². The normalized spacial score (nSPS) is 12.5. The molecule has 1 heterocycles. The summed E-state index contributed by atoms with van der Waals surface area (Å²) in [5, 5.41) is 2.68. The number of hydrogen-bond acceptors (Lipinski definition) is 5. The summed E-state index contributed by atoms with van der Waals surface area (Å²) in [5.74, 6) is 0.414. The van der Waals surface area contributed by atoms with E-state index >= 15 is 0 Å². The van der Waals surface area contributed by atoms with Crippen LogP contribution in [0.2, 0.25) is 0 Å². The Morgan fingerprint density at radius 1 is 0.833 bits per heavy atom. The van der Waals surface area contributed by atoms with Crippen LogP contribution in [0.4, 0.5) is 11.8 Å². The zero-order chi connectivity index (χ0) is 16.7. The molecule has 0 radical (unpaired) electrons. The van der Waals surface area contributed by atoms with E-state index in [9.17, 15) is 4.55 Å². The van der Waals surface area contributed by atoms with Crippen molar-refractivity contribution in [3.05, 3.63) is 60.7 Å². The topological polar surface area (TPSA) is 101 Å². The summed E-state index contributed by atoms with van der Waals surface area (Å²) in [5.41, 5.74) is 12.2. The average Bonchev–Trinajstić information content (AvgIpc) is 2.60. The second-order valence-electron chi connectivity index (χ2n) is 5.39. The number of nitrogen functional groups attached to an aromatic ring is 2. The summed E-state index contributed by atoms with van der Waals surface area (Å²) < 4.78 is 13.1. The van der Waals surface area contributed by atoms with Crippen molar-refractivity contribution in [1.82, 2.24) is 9.97 Å². The van der Waals surface area contributed by atoms with Gasteiger partial charge in [-0.05, 0) is 29.7 Å². The Balaban J connectivity index is 1.87. The summed E-state index contributed by atoms with van der Waals surface area (Å²) in [4.78, 5) is 9.54. The van der Waals surface area contributed by atoms with Crippen LogP contribution in [-0.2, 0) is 11.2 Å². The first-order chi connectivity index (χ1) is 11.6. The van der Waals surface area contributed by atoms with Gasteiger partial charge in [0.05, 0.1) is 5.52 Å². The van der Waals surface area contributed by atoms with Crippen molar-refractivity contribution < 1.29 is 4.55 Å². The van der Waals surface area contributed by atoms with Gasteiger partial charge < -0.3 is 16.0 Å². The third-order valence-corrected chi connectivity index (χ3v) is 5.31. The molecule has 0 spiro atoms. The van der Waals surface area contributed by atoms with Crippen LogP contribution in [0.1, 0.15) is 0 Å². The van der Waals surface area contributed by atoms with Crippen LogP contribution in [-0.4, -0.2) is 14.5 Å². The zero-order valence-electron chi connectivity index (χ0n) is 12.6. The maximum absolute atomic E-state index is 13.1.